The number of rotatable bonds is 5. The fraction of sp³-hybridized carbons (Fsp3) is 0.167. The van der Waals surface area contributed by atoms with Crippen LogP contribution in [0, 0.1) is 10.1 Å². The molecule has 4 rings (SSSR count). The maximum absolute atomic E-state index is 13.2. The van der Waals surface area contributed by atoms with Crippen molar-refractivity contribution >= 4 is 23.2 Å². The van der Waals surface area contributed by atoms with Gasteiger partial charge in [0.2, 0.25) is 0 Å². The van der Waals surface area contributed by atoms with Crippen molar-refractivity contribution in [3.05, 3.63) is 106 Å². The van der Waals surface area contributed by atoms with Crippen LogP contribution in [-0.4, -0.2) is 34.7 Å². The van der Waals surface area contributed by atoms with Crippen molar-refractivity contribution in [2.24, 2.45) is 0 Å². The number of amides is 2. The number of carbonyl (C=O) groups excluding carboxylic acids is 2. The first-order chi connectivity index (χ1) is 15.0. The van der Waals surface area contributed by atoms with Crippen LogP contribution in [0.25, 0.3) is 0 Å². The molecular formula is C24H21N3O4. The number of carbonyl (C=O) groups is 2. The second-order valence-electron chi connectivity index (χ2n) is 7.45. The van der Waals surface area contributed by atoms with E-state index in [-0.39, 0.29) is 17.2 Å². The molecule has 2 amide bonds. The van der Waals surface area contributed by atoms with Crippen molar-refractivity contribution in [3.63, 3.8) is 0 Å². The van der Waals surface area contributed by atoms with Gasteiger partial charge >= 0.3 is 0 Å². The summed E-state index contributed by atoms with van der Waals surface area (Å²) in [6, 6.07) is 22.4. The molecule has 1 aliphatic heterocycles. The second-order valence-corrected chi connectivity index (χ2v) is 7.45. The molecule has 1 saturated heterocycles. The summed E-state index contributed by atoms with van der Waals surface area (Å²) in [5.74, 6) is -0.260. The minimum absolute atomic E-state index is 0.0888. The summed E-state index contributed by atoms with van der Waals surface area (Å²) in [4.78, 5) is 37.9. The molecule has 0 radical (unpaired) electrons. The minimum Gasteiger partial charge on any atom is -0.338 e. The Morgan fingerprint density at radius 2 is 1.61 bits per heavy atom. The van der Waals surface area contributed by atoms with Gasteiger partial charge in [0.15, 0.2) is 0 Å². The first-order valence-corrected chi connectivity index (χ1v) is 10.0. The zero-order valence-electron chi connectivity index (χ0n) is 16.7. The quantitative estimate of drug-likeness (QED) is 0.491. The number of nitro groups is 1. The van der Waals surface area contributed by atoms with Crippen molar-refractivity contribution < 1.29 is 14.5 Å². The molecule has 7 heteroatoms. The summed E-state index contributed by atoms with van der Waals surface area (Å²) in [7, 11) is 0. The molecular weight excluding hydrogens is 394 g/mol. The number of hydrogen-bond donors (Lipinski definition) is 1. The summed E-state index contributed by atoms with van der Waals surface area (Å²) in [5.41, 5.74) is 2.25. The number of non-ortho nitro benzene ring substituents is 1. The van der Waals surface area contributed by atoms with E-state index >= 15 is 0 Å². The minimum atomic E-state index is -0.519. The molecule has 3 aromatic rings. The molecule has 0 bridgehead atoms. The van der Waals surface area contributed by atoms with Crippen LogP contribution >= 0.6 is 0 Å². The highest BCUT2D eigenvalue weighted by Crippen LogP contribution is 2.29. The van der Waals surface area contributed by atoms with Crippen LogP contribution in [0.1, 0.15) is 38.6 Å². The van der Waals surface area contributed by atoms with Crippen molar-refractivity contribution in [1.82, 2.24) is 4.90 Å². The molecule has 1 aliphatic rings. The van der Waals surface area contributed by atoms with Gasteiger partial charge in [-0.05, 0) is 36.2 Å². The van der Waals surface area contributed by atoms with Crippen LogP contribution in [0.4, 0.5) is 11.4 Å². The highest BCUT2D eigenvalue weighted by Gasteiger charge is 2.29. The van der Waals surface area contributed by atoms with E-state index in [0.29, 0.717) is 30.3 Å². The highest BCUT2D eigenvalue weighted by atomic mass is 16.6. The standard InChI is InChI=1S/C24H21N3O4/c28-23(18-10-12-20(13-11-18)27(30)31)25-22-9-5-4-8-21(22)24(29)26-15-14-19(16-26)17-6-2-1-3-7-17/h1-13,19H,14-16H2,(H,25,28). The van der Waals surface area contributed by atoms with Gasteiger partial charge in [-0.3, -0.25) is 19.7 Å². The Bertz CT molecular complexity index is 1110. The van der Waals surface area contributed by atoms with Crippen LogP contribution in [0.3, 0.4) is 0 Å². The van der Waals surface area contributed by atoms with Gasteiger partial charge in [-0.2, -0.15) is 0 Å². The number of nitro benzene ring substituents is 1. The van der Waals surface area contributed by atoms with E-state index in [9.17, 15) is 19.7 Å². The first-order valence-electron chi connectivity index (χ1n) is 10.0. The van der Waals surface area contributed by atoms with E-state index < -0.39 is 10.8 Å². The lowest BCUT2D eigenvalue weighted by atomic mass is 9.99. The third kappa shape index (κ3) is 4.45. The summed E-state index contributed by atoms with van der Waals surface area (Å²) in [6.45, 7) is 1.29. The number of benzene rings is 3. The van der Waals surface area contributed by atoms with E-state index in [1.165, 1.54) is 29.8 Å². The Hall–Kier alpha value is -4.00. The van der Waals surface area contributed by atoms with Gasteiger partial charge in [-0.1, -0.05) is 42.5 Å². The number of nitrogens with zero attached hydrogens (tertiary/aromatic N) is 2. The molecule has 1 heterocycles. The molecule has 156 valence electrons. The van der Waals surface area contributed by atoms with E-state index in [1.807, 2.05) is 23.1 Å². The summed E-state index contributed by atoms with van der Waals surface area (Å²) < 4.78 is 0. The van der Waals surface area contributed by atoms with E-state index in [4.69, 9.17) is 0 Å². The molecule has 1 unspecified atom stereocenters. The lowest BCUT2D eigenvalue weighted by Crippen LogP contribution is -2.29. The normalized spacial score (nSPS) is 15.5. The van der Waals surface area contributed by atoms with Crippen molar-refractivity contribution in [2.45, 2.75) is 12.3 Å². The van der Waals surface area contributed by atoms with Crippen LogP contribution in [0.5, 0.6) is 0 Å². The maximum Gasteiger partial charge on any atom is 0.269 e. The summed E-state index contributed by atoms with van der Waals surface area (Å²) in [5, 5.41) is 13.6. The van der Waals surface area contributed by atoms with Crippen molar-refractivity contribution in [3.8, 4) is 0 Å². The van der Waals surface area contributed by atoms with Crippen LogP contribution < -0.4 is 5.32 Å². The highest BCUT2D eigenvalue weighted by molar-refractivity contribution is 6.09. The van der Waals surface area contributed by atoms with Crippen molar-refractivity contribution in [2.75, 3.05) is 18.4 Å². The Morgan fingerprint density at radius 3 is 2.32 bits per heavy atom. The third-order valence-electron chi connectivity index (χ3n) is 5.49. The molecule has 0 aromatic heterocycles. The van der Waals surface area contributed by atoms with Crippen LogP contribution in [-0.2, 0) is 0 Å². The number of hydrogen-bond acceptors (Lipinski definition) is 4. The molecule has 0 saturated carbocycles. The molecule has 0 aliphatic carbocycles. The van der Waals surface area contributed by atoms with E-state index in [2.05, 4.69) is 17.4 Å². The smallest absolute Gasteiger partial charge is 0.269 e. The average molecular weight is 415 g/mol. The Labute approximate surface area is 179 Å². The van der Waals surface area contributed by atoms with E-state index in [1.54, 1.807) is 24.3 Å². The number of likely N-dealkylation sites (tertiary alicyclic amines) is 1. The summed E-state index contributed by atoms with van der Waals surface area (Å²) >= 11 is 0. The molecule has 1 N–H and O–H groups in total. The first kappa shape index (κ1) is 20.3. The molecule has 31 heavy (non-hydrogen) atoms. The summed E-state index contributed by atoms with van der Waals surface area (Å²) in [6.07, 6.45) is 0.896. The van der Waals surface area contributed by atoms with Gasteiger partial charge in [0, 0.05) is 36.7 Å². The number of anilines is 1. The monoisotopic (exact) mass is 415 g/mol. The van der Waals surface area contributed by atoms with Gasteiger partial charge < -0.3 is 10.2 Å². The fourth-order valence-electron chi connectivity index (χ4n) is 3.82. The largest absolute Gasteiger partial charge is 0.338 e. The zero-order chi connectivity index (χ0) is 21.8. The third-order valence-corrected chi connectivity index (χ3v) is 5.49. The van der Waals surface area contributed by atoms with Crippen LogP contribution in [0.15, 0.2) is 78.9 Å². The topological polar surface area (TPSA) is 92.6 Å². The fourth-order valence-corrected chi connectivity index (χ4v) is 3.82. The van der Waals surface area contributed by atoms with E-state index in [0.717, 1.165) is 6.42 Å². The Morgan fingerprint density at radius 1 is 0.935 bits per heavy atom. The maximum atomic E-state index is 13.2. The molecule has 1 fully saturated rings. The van der Waals surface area contributed by atoms with Crippen LogP contribution in [0.2, 0.25) is 0 Å². The van der Waals surface area contributed by atoms with Crippen molar-refractivity contribution in [1.29, 1.82) is 0 Å². The lowest BCUT2D eigenvalue weighted by Gasteiger charge is -2.19. The Kier molecular flexibility index (Phi) is 5.75. The second kappa shape index (κ2) is 8.79. The van der Waals surface area contributed by atoms with Gasteiger partial charge in [0.05, 0.1) is 16.2 Å². The van der Waals surface area contributed by atoms with Gasteiger partial charge in [0.1, 0.15) is 0 Å². The SMILES string of the molecule is O=C(Nc1ccccc1C(=O)N1CCC(c2ccccc2)C1)c1ccc([N+](=O)[O-])cc1. The molecule has 1 atom stereocenters. The predicted molar refractivity (Wildman–Crippen MR) is 117 cm³/mol. The van der Waals surface area contributed by atoms with Gasteiger partial charge in [-0.15, -0.1) is 0 Å². The molecule has 3 aromatic carbocycles. The number of para-hydroxylation sites is 1. The predicted octanol–water partition coefficient (Wildman–Crippen LogP) is 4.48. The zero-order valence-corrected chi connectivity index (χ0v) is 16.7. The molecule has 0 spiro atoms. The number of nitrogens with one attached hydrogen (secondary N) is 1. The average Bonchev–Trinajstić information content (AvgIpc) is 3.30. The molecule has 7 nitrogen and oxygen atoms in total. The van der Waals surface area contributed by atoms with Gasteiger partial charge in [0.25, 0.3) is 17.5 Å². The van der Waals surface area contributed by atoms with Gasteiger partial charge in [-0.25, -0.2) is 0 Å². The Balaban J connectivity index is 1.49. The lowest BCUT2D eigenvalue weighted by molar-refractivity contribution is -0.384.